The maximum Gasteiger partial charge on any atom is 0.323 e. The average Bonchev–Trinajstić information content (AvgIpc) is 2.86. The summed E-state index contributed by atoms with van der Waals surface area (Å²) in [4.78, 5) is 39.7. The van der Waals surface area contributed by atoms with Crippen LogP contribution in [0.2, 0.25) is 0 Å². The number of rotatable bonds is 15. The highest BCUT2D eigenvalue weighted by Crippen LogP contribution is 2.22. The number of benzene rings is 2. The predicted octanol–water partition coefficient (Wildman–Crippen LogP) is 4.94. The van der Waals surface area contributed by atoms with Crippen LogP contribution in [0.1, 0.15) is 70.4 Å². The molecule has 7 nitrogen and oxygen atoms in total. The molecule has 2 N–H and O–H groups in total. The topological polar surface area (TPSA) is 95.9 Å². The summed E-state index contributed by atoms with van der Waals surface area (Å²) in [7, 11) is 0. The van der Waals surface area contributed by atoms with E-state index in [0.29, 0.717) is 24.4 Å². The molecule has 0 aliphatic rings. The first-order valence-corrected chi connectivity index (χ1v) is 12.9. The molecule has 1 amide bonds. The number of anilines is 1. The van der Waals surface area contributed by atoms with E-state index in [0.717, 1.165) is 30.4 Å². The van der Waals surface area contributed by atoms with Crippen LogP contribution in [-0.4, -0.2) is 48.2 Å². The van der Waals surface area contributed by atoms with Crippen molar-refractivity contribution in [2.75, 3.05) is 18.1 Å². The third kappa shape index (κ3) is 9.11. The van der Waals surface area contributed by atoms with Crippen LogP contribution in [-0.2, 0) is 25.5 Å². The third-order valence-electron chi connectivity index (χ3n) is 6.08. The summed E-state index contributed by atoms with van der Waals surface area (Å²) in [6.45, 7) is 7.75. The van der Waals surface area contributed by atoms with Gasteiger partial charge in [-0.25, -0.2) is 0 Å². The molecule has 0 spiro atoms. The van der Waals surface area contributed by atoms with Gasteiger partial charge in [0.05, 0.1) is 12.6 Å². The van der Waals surface area contributed by atoms with Gasteiger partial charge in [-0.2, -0.15) is 0 Å². The number of hydrogen-bond donors (Lipinski definition) is 2. The molecule has 196 valence electrons. The van der Waals surface area contributed by atoms with Crippen molar-refractivity contribution in [3.8, 4) is 0 Å². The van der Waals surface area contributed by atoms with Crippen LogP contribution < -0.4 is 10.2 Å². The number of ether oxygens (including phenoxy) is 1. The average molecular weight is 497 g/mol. The number of carboxylic acids is 1. The Kier molecular flexibility index (Phi) is 12.1. The number of nitrogens with one attached hydrogen (secondary N) is 1. The number of carboxylic acid groups (broad SMARTS) is 1. The van der Waals surface area contributed by atoms with Crippen molar-refractivity contribution in [1.29, 1.82) is 0 Å². The smallest absolute Gasteiger partial charge is 0.323 e. The summed E-state index contributed by atoms with van der Waals surface area (Å²) in [6, 6.07) is 15.4. The molecule has 7 heteroatoms. The zero-order chi connectivity index (χ0) is 26.5. The molecular formula is C29H40N2O5. The minimum atomic E-state index is -1.11. The van der Waals surface area contributed by atoms with Crippen LogP contribution in [0.5, 0.6) is 0 Å². The van der Waals surface area contributed by atoms with Crippen molar-refractivity contribution in [3.05, 3.63) is 65.7 Å². The van der Waals surface area contributed by atoms with Gasteiger partial charge in [0.15, 0.2) is 0 Å². The van der Waals surface area contributed by atoms with Gasteiger partial charge < -0.3 is 9.84 Å². The monoisotopic (exact) mass is 496 g/mol. The van der Waals surface area contributed by atoms with Crippen LogP contribution in [0, 0.1) is 0 Å². The van der Waals surface area contributed by atoms with Gasteiger partial charge in [-0.15, -0.1) is 0 Å². The van der Waals surface area contributed by atoms with E-state index < -0.39 is 36.5 Å². The fourth-order valence-corrected chi connectivity index (χ4v) is 4.08. The maximum absolute atomic E-state index is 13.9. The van der Waals surface area contributed by atoms with E-state index in [4.69, 9.17) is 4.74 Å². The first kappa shape index (κ1) is 29.0. The lowest BCUT2D eigenvalue weighted by atomic mass is 10.0. The highest BCUT2D eigenvalue weighted by Gasteiger charge is 2.32. The van der Waals surface area contributed by atoms with Gasteiger partial charge in [-0.05, 0) is 48.9 Å². The Morgan fingerprint density at radius 1 is 0.944 bits per heavy atom. The third-order valence-corrected chi connectivity index (χ3v) is 6.08. The molecule has 2 aromatic carbocycles. The van der Waals surface area contributed by atoms with Crippen LogP contribution >= 0.6 is 0 Å². The summed E-state index contributed by atoms with van der Waals surface area (Å²) in [6.07, 6.45) is 3.62. The Hall–Kier alpha value is -3.19. The lowest BCUT2D eigenvalue weighted by Crippen LogP contribution is -2.54. The number of hydrogen-bond acceptors (Lipinski definition) is 5. The van der Waals surface area contributed by atoms with E-state index in [1.165, 1.54) is 4.90 Å². The number of amides is 1. The molecule has 0 saturated heterocycles. The second-order valence-corrected chi connectivity index (χ2v) is 9.27. The second kappa shape index (κ2) is 15.0. The van der Waals surface area contributed by atoms with E-state index >= 15 is 0 Å². The molecule has 0 aliphatic carbocycles. The Labute approximate surface area is 214 Å². The van der Waals surface area contributed by atoms with E-state index in [1.807, 2.05) is 42.5 Å². The van der Waals surface area contributed by atoms with Crippen LogP contribution in [0.15, 0.2) is 54.6 Å². The molecule has 0 saturated carbocycles. The van der Waals surface area contributed by atoms with Crippen LogP contribution in [0.3, 0.4) is 0 Å². The number of esters is 1. The molecule has 0 aromatic heterocycles. The molecule has 0 aliphatic heterocycles. The Morgan fingerprint density at radius 3 is 2.17 bits per heavy atom. The van der Waals surface area contributed by atoms with Crippen molar-refractivity contribution in [3.63, 3.8) is 0 Å². The predicted molar refractivity (Wildman–Crippen MR) is 142 cm³/mol. The van der Waals surface area contributed by atoms with Gasteiger partial charge in [-0.3, -0.25) is 24.6 Å². The standard InChI is InChI=1S/C29H40N2O5/c1-5-7-9-14-25(29(35)36-6-2)30-26(19-22-12-10-8-11-13-22)28(34)31(20-27(32)33)24-17-15-23(16-18-24)21(3)4/h8,10-13,15-18,21,25-26,30H,5-7,9,14,19-20H2,1-4H3,(H,32,33)/t25-,26-/m0/s1. The van der Waals surface area contributed by atoms with E-state index in [2.05, 4.69) is 26.1 Å². The number of carbonyl (C=O) groups excluding carboxylic acids is 2. The highest BCUT2D eigenvalue weighted by atomic mass is 16.5. The van der Waals surface area contributed by atoms with Crippen molar-refractivity contribution < 1.29 is 24.2 Å². The zero-order valence-electron chi connectivity index (χ0n) is 21.9. The molecule has 36 heavy (non-hydrogen) atoms. The lowest BCUT2D eigenvalue weighted by Gasteiger charge is -2.30. The first-order chi connectivity index (χ1) is 17.3. The molecule has 0 bridgehead atoms. The Morgan fingerprint density at radius 2 is 1.61 bits per heavy atom. The highest BCUT2D eigenvalue weighted by molar-refractivity contribution is 6.01. The summed E-state index contributed by atoms with van der Waals surface area (Å²) >= 11 is 0. The first-order valence-electron chi connectivity index (χ1n) is 12.9. The van der Waals surface area contributed by atoms with Crippen molar-refractivity contribution in [2.45, 2.75) is 77.8 Å². The Bertz CT molecular complexity index is 959. The van der Waals surface area contributed by atoms with Crippen molar-refractivity contribution >= 4 is 23.5 Å². The molecule has 2 atom stereocenters. The molecule has 0 heterocycles. The molecular weight excluding hydrogens is 456 g/mol. The summed E-state index contributed by atoms with van der Waals surface area (Å²) in [5.74, 6) is -1.60. The minimum Gasteiger partial charge on any atom is -0.480 e. The zero-order valence-corrected chi connectivity index (χ0v) is 21.9. The van der Waals surface area contributed by atoms with Crippen molar-refractivity contribution in [1.82, 2.24) is 5.32 Å². The molecule has 2 aromatic rings. The summed E-state index contributed by atoms with van der Waals surface area (Å²) in [5.41, 5.74) is 2.51. The number of nitrogens with zero attached hydrogens (tertiary/aromatic N) is 1. The molecule has 0 radical (unpaired) electrons. The lowest BCUT2D eigenvalue weighted by molar-refractivity contribution is -0.146. The summed E-state index contributed by atoms with van der Waals surface area (Å²) in [5, 5.41) is 12.8. The fourth-order valence-electron chi connectivity index (χ4n) is 4.08. The van der Waals surface area contributed by atoms with Gasteiger partial charge in [0, 0.05) is 5.69 Å². The van der Waals surface area contributed by atoms with E-state index in [1.54, 1.807) is 19.1 Å². The SMILES string of the molecule is CCCCC[C@H](N[C@@H](Cc1ccccc1)C(=O)N(CC(=O)O)c1ccc(C(C)C)cc1)C(=O)OCC. The molecule has 0 fully saturated rings. The van der Waals surface area contributed by atoms with Crippen LogP contribution in [0.4, 0.5) is 5.69 Å². The summed E-state index contributed by atoms with van der Waals surface area (Å²) < 4.78 is 5.29. The van der Waals surface area contributed by atoms with Gasteiger partial charge in [-0.1, -0.05) is 82.5 Å². The van der Waals surface area contributed by atoms with Crippen molar-refractivity contribution in [2.24, 2.45) is 0 Å². The fraction of sp³-hybridized carbons (Fsp3) is 0.483. The normalized spacial score (nSPS) is 12.7. The van der Waals surface area contributed by atoms with E-state index in [-0.39, 0.29) is 6.61 Å². The van der Waals surface area contributed by atoms with Gasteiger partial charge in [0.25, 0.3) is 0 Å². The van der Waals surface area contributed by atoms with Crippen LogP contribution in [0.25, 0.3) is 0 Å². The molecule has 2 rings (SSSR count). The van der Waals surface area contributed by atoms with Gasteiger partial charge >= 0.3 is 11.9 Å². The Balaban J connectivity index is 2.41. The maximum atomic E-state index is 13.9. The van der Waals surface area contributed by atoms with Gasteiger partial charge in [0.2, 0.25) is 5.91 Å². The van der Waals surface area contributed by atoms with E-state index in [9.17, 15) is 19.5 Å². The largest absolute Gasteiger partial charge is 0.480 e. The number of unbranched alkanes of at least 4 members (excludes halogenated alkanes) is 2. The quantitative estimate of drug-likeness (QED) is 0.268. The number of carbonyl (C=O) groups is 3. The molecule has 0 unspecified atom stereocenters. The minimum absolute atomic E-state index is 0.245. The number of aliphatic carboxylic acids is 1. The van der Waals surface area contributed by atoms with Gasteiger partial charge in [0.1, 0.15) is 12.6 Å². The second-order valence-electron chi connectivity index (χ2n) is 9.27.